The molecule has 0 saturated carbocycles. The maximum Gasteiger partial charge on any atom is 0.417 e. The van der Waals surface area contributed by atoms with Crippen molar-refractivity contribution in [1.82, 2.24) is 19.5 Å². The Balaban J connectivity index is 1.43. The maximum atomic E-state index is 14.4. The van der Waals surface area contributed by atoms with Gasteiger partial charge in [0.25, 0.3) is 5.56 Å². The number of aromatic carboxylic acids is 1. The van der Waals surface area contributed by atoms with Crippen molar-refractivity contribution in [3.05, 3.63) is 103 Å². The van der Waals surface area contributed by atoms with E-state index in [1.807, 2.05) is 6.07 Å². The number of alkyl halides is 3. The van der Waals surface area contributed by atoms with E-state index in [1.54, 1.807) is 45.0 Å². The summed E-state index contributed by atoms with van der Waals surface area (Å²) in [4.78, 5) is 38.6. The third-order valence-electron chi connectivity index (χ3n) is 8.28. The molecule has 6 aromatic rings. The fourth-order valence-electron chi connectivity index (χ4n) is 5.82. The third kappa shape index (κ3) is 5.98. The van der Waals surface area contributed by atoms with Gasteiger partial charge in [0.1, 0.15) is 24.3 Å². The number of rotatable bonds is 7. The quantitative estimate of drug-likeness (QED) is 0.176. The number of carboxylic acid groups (broad SMARTS) is 1. The summed E-state index contributed by atoms with van der Waals surface area (Å²) in [5, 5.41) is 21.6. The second kappa shape index (κ2) is 12.6. The number of halogens is 4. The molecule has 0 unspecified atom stereocenters. The molecule has 9 nitrogen and oxygen atoms in total. The molecule has 0 spiro atoms. The van der Waals surface area contributed by atoms with E-state index in [2.05, 4.69) is 15.0 Å². The molecule has 2 aromatic carbocycles. The highest BCUT2D eigenvalue weighted by Crippen LogP contribution is 2.43. The standard InChI is InChI=1S/C35H25ClF3N5O4S/c1-16-13-41-14-24(18(16)3)29-23(12-40)30-27(11-26(29)35(37,38)39)43-19(4)44(33(30)45)7-8-48-28-6-5-20(36)10-21(28)22-9-17(2)42-31-25(34(46)47)15-49-32(22)31/h5-6,9-11,13-15H,7-8H2,1-4H3,(H,46,47). The van der Waals surface area contributed by atoms with Gasteiger partial charge in [0.2, 0.25) is 0 Å². The first-order valence-corrected chi connectivity index (χ1v) is 16.0. The van der Waals surface area contributed by atoms with Crippen LogP contribution in [-0.4, -0.2) is 37.2 Å². The van der Waals surface area contributed by atoms with Crippen molar-refractivity contribution in [3.63, 3.8) is 0 Å². The molecule has 0 aliphatic carbocycles. The van der Waals surface area contributed by atoms with Gasteiger partial charge in [-0.25, -0.2) is 9.78 Å². The van der Waals surface area contributed by atoms with Gasteiger partial charge in [0.15, 0.2) is 0 Å². The molecule has 0 aliphatic rings. The number of nitriles is 1. The Hall–Kier alpha value is -5.32. The predicted molar refractivity (Wildman–Crippen MR) is 180 cm³/mol. The number of carboxylic acids is 1. The van der Waals surface area contributed by atoms with E-state index in [0.29, 0.717) is 48.9 Å². The number of aryl methyl sites for hydroxylation is 3. The van der Waals surface area contributed by atoms with E-state index in [1.165, 1.54) is 40.6 Å². The lowest BCUT2D eigenvalue weighted by atomic mass is 9.89. The minimum atomic E-state index is -4.85. The summed E-state index contributed by atoms with van der Waals surface area (Å²) in [6, 6.07) is 9.42. The van der Waals surface area contributed by atoms with E-state index in [9.17, 15) is 33.1 Å². The van der Waals surface area contributed by atoms with Crippen LogP contribution in [0.3, 0.4) is 0 Å². The predicted octanol–water partition coefficient (Wildman–Crippen LogP) is 8.29. The Labute approximate surface area is 285 Å². The molecular formula is C35H25ClF3N5O4S. The van der Waals surface area contributed by atoms with Gasteiger partial charge in [-0.2, -0.15) is 18.4 Å². The number of ether oxygens (including phenoxy) is 1. The second-order valence-corrected chi connectivity index (χ2v) is 12.7. The molecule has 0 aliphatic heterocycles. The number of hydrogen-bond donors (Lipinski definition) is 1. The maximum absolute atomic E-state index is 14.4. The fourth-order valence-corrected chi connectivity index (χ4v) is 7.01. The first kappa shape index (κ1) is 33.6. The van der Waals surface area contributed by atoms with Crippen molar-refractivity contribution < 1.29 is 27.8 Å². The molecule has 0 fully saturated rings. The van der Waals surface area contributed by atoms with Crippen LogP contribution in [0.1, 0.15) is 44.1 Å². The van der Waals surface area contributed by atoms with Crippen LogP contribution in [0.5, 0.6) is 5.75 Å². The number of thiophene rings is 1. The van der Waals surface area contributed by atoms with Crippen molar-refractivity contribution in [2.45, 2.75) is 40.4 Å². The number of fused-ring (bicyclic) bond motifs is 2. The van der Waals surface area contributed by atoms with E-state index < -0.39 is 34.4 Å². The molecular weight excluding hydrogens is 679 g/mol. The molecule has 0 atom stereocenters. The van der Waals surface area contributed by atoms with Crippen LogP contribution in [0.25, 0.3) is 43.4 Å². The second-order valence-electron chi connectivity index (χ2n) is 11.4. The number of hydrogen-bond acceptors (Lipinski definition) is 8. The molecule has 4 aromatic heterocycles. The fraction of sp³-hybridized carbons (Fsp3) is 0.200. The summed E-state index contributed by atoms with van der Waals surface area (Å²) in [7, 11) is 0. The highest BCUT2D eigenvalue weighted by molar-refractivity contribution is 7.18. The van der Waals surface area contributed by atoms with Gasteiger partial charge in [-0.15, -0.1) is 11.3 Å². The normalized spacial score (nSPS) is 11.7. The average molecular weight is 704 g/mol. The lowest BCUT2D eigenvalue weighted by molar-refractivity contribution is -0.137. The Morgan fingerprint density at radius 1 is 1.08 bits per heavy atom. The number of nitrogens with zero attached hydrogens (tertiary/aromatic N) is 5. The lowest BCUT2D eigenvalue weighted by Crippen LogP contribution is -2.27. The van der Waals surface area contributed by atoms with Crippen LogP contribution in [-0.2, 0) is 12.7 Å². The number of aromatic nitrogens is 4. The van der Waals surface area contributed by atoms with Crippen molar-refractivity contribution in [1.29, 1.82) is 5.26 Å². The van der Waals surface area contributed by atoms with Gasteiger partial charge in [-0.1, -0.05) is 11.6 Å². The van der Waals surface area contributed by atoms with Crippen LogP contribution >= 0.6 is 22.9 Å². The molecule has 6 rings (SSSR count). The minimum absolute atomic E-state index is 0.0606. The molecule has 49 heavy (non-hydrogen) atoms. The number of benzene rings is 2. The SMILES string of the molecule is Cc1cc(-c2cc(Cl)ccc2OCCn2c(C)nc3cc(C(F)(F)F)c(-c4cncc(C)c4C)c(C#N)c3c2=O)c2scc(C(=O)O)c2n1. The van der Waals surface area contributed by atoms with Gasteiger partial charge in [0, 0.05) is 50.7 Å². The topological polar surface area (TPSA) is 131 Å². The monoisotopic (exact) mass is 703 g/mol. The third-order valence-corrected chi connectivity index (χ3v) is 9.52. The summed E-state index contributed by atoms with van der Waals surface area (Å²) in [6.07, 6.45) is -2.08. The van der Waals surface area contributed by atoms with Crippen molar-refractivity contribution in [3.8, 4) is 34.1 Å². The van der Waals surface area contributed by atoms with E-state index in [-0.39, 0.29) is 41.0 Å². The van der Waals surface area contributed by atoms with Crippen molar-refractivity contribution in [2.75, 3.05) is 6.61 Å². The first-order valence-electron chi connectivity index (χ1n) is 14.7. The van der Waals surface area contributed by atoms with Crippen molar-refractivity contribution in [2.24, 2.45) is 0 Å². The zero-order valence-corrected chi connectivity index (χ0v) is 27.9. The van der Waals surface area contributed by atoms with E-state index >= 15 is 0 Å². The first-order chi connectivity index (χ1) is 23.2. The van der Waals surface area contributed by atoms with Crippen LogP contribution in [0.2, 0.25) is 5.02 Å². The van der Waals surface area contributed by atoms with Crippen LogP contribution in [0.15, 0.2) is 52.9 Å². The molecule has 248 valence electrons. The summed E-state index contributed by atoms with van der Waals surface area (Å²) >= 11 is 7.59. The number of pyridine rings is 2. The van der Waals surface area contributed by atoms with Gasteiger partial charge in [-0.05, 0) is 69.2 Å². The summed E-state index contributed by atoms with van der Waals surface area (Å²) in [5.41, 5.74) is 0.525. The van der Waals surface area contributed by atoms with Crippen LogP contribution in [0, 0.1) is 39.0 Å². The lowest BCUT2D eigenvalue weighted by Gasteiger charge is -2.19. The molecule has 0 amide bonds. The molecule has 14 heteroatoms. The van der Waals surface area contributed by atoms with Crippen LogP contribution < -0.4 is 10.3 Å². The van der Waals surface area contributed by atoms with E-state index in [4.69, 9.17) is 16.3 Å². The van der Waals surface area contributed by atoms with Crippen molar-refractivity contribution >= 4 is 50.0 Å². The average Bonchev–Trinajstić information content (AvgIpc) is 3.47. The Morgan fingerprint density at radius 3 is 2.53 bits per heavy atom. The molecule has 0 saturated heterocycles. The minimum Gasteiger partial charge on any atom is -0.491 e. The van der Waals surface area contributed by atoms with Gasteiger partial charge >= 0.3 is 12.1 Å². The largest absolute Gasteiger partial charge is 0.491 e. The Kier molecular flexibility index (Phi) is 8.64. The van der Waals surface area contributed by atoms with Gasteiger partial charge in [0.05, 0.1) is 44.4 Å². The molecule has 4 heterocycles. The molecule has 1 N–H and O–H groups in total. The van der Waals surface area contributed by atoms with E-state index in [0.717, 1.165) is 6.07 Å². The highest BCUT2D eigenvalue weighted by atomic mass is 35.5. The smallest absolute Gasteiger partial charge is 0.417 e. The summed E-state index contributed by atoms with van der Waals surface area (Å²) < 4.78 is 51.4. The summed E-state index contributed by atoms with van der Waals surface area (Å²) in [5.74, 6) is -0.588. The molecule has 0 radical (unpaired) electrons. The highest BCUT2D eigenvalue weighted by Gasteiger charge is 2.37. The van der Waals surface area contributed by atoms with Gasteiger partial charge < -0.3 is 9.84 Å². The summed E-state index contributed by atoms with van der Waals surface area (Å²) in [6.45, 7) is 6.43. The Bertz CT molecular complexity index is 2450. The zero-order valence-electron chi connectivity index (χ0n) is 26.4. The number of carbonyl (C=O) groups is 1. The Morgan fingerprint density at radius 2 is 1.84 bits per heavy atom. The molecule has 0 bridgehead atoms. The van der Waals surface area contributed by atoms with Gasteiger partial charge in [-0.3, -0.25) is 19.3 Å². The zero-order chi connectivity index (χ0) is 35.4. The van der Waals surface area contributed by atoms with Crippen LogP contribution in [0.4, 0.5) is 13.2 Å².